The van der Waals surface area contributed by atoms with Crippen molar-refractivity contribution in [1.82, 2.24) is 14.9 Å². The molecule has 2 saturated heterocycles. The lowest BCUT2D eigenvalue weighted by Gasteiger charge is -2.35. The van der Waals surface area contributed by atoms with Crippen molar-refractivity contribution in [2.75, 3.05) is 43.4 Å². The van der Waals surface area contributed by atoms with Crippen molar-refractivity contribution in [3.63, 3.8) is 0 Å². The number of nitrogens with one attached hydrogen (secondary N) is 2. The summed E-state index contributed by atoms with van der Waals surface area (Å²) >= 11 is 0. The van der Waals surface area contributed by atoms with E-state index in [-0.39, 0.29) is 6.10 Å². The molecular formula is C15H25N5O. The number of ether oxygens (including phenoxy) is 1. The van der Waals surface area contributed by atoms with Crippen molar-refractivity contribution in [3.05, 3.63) is 12.4 Å². The van der Waals surface area contributed by atoms with E-state index in [1.807, 2.05) is 0 Å². The zero-order valence-electron chi connectivity index (χ0n) is 12.7. The molecule has 0 aliphatic carbocycles. The maximum absolute atomic E-state index is 5.94. The Labute approximate surface area is 126 Å². The first-order chi connectivity index (χ1) is 10.3. The third kappa shape index (κ3) is 3.83. The fourth-order valence-corrected chi connectivity index (χ4v) is 3.02. The molecule has 2 aliphatic rings. The molecule has 0 aromatic carbocycles. The Bertz CT molecular complexity index is 455. The SMILES string of the molecule is CCCNc1cncc(NCC2CN3CCCC3CO2)n1. The maximum Gasteiger partial charge on any atom is 0.147 e. The van der Waals surface area contributed by atoms with Crippen molar-refractivity contribution >= 4 is 11.6 Å². The van der Waals surface area contributed by atoms with Gasteiger partial charge in [0.05, 0.1) is 25.1 Å². The van der Waals surface area contributed by atoms with E-state index < -0.39 is 0 Å². The van der Waals surface area contributed by atoms with Gasteiger partial charge in [-0.15, -0.1) is 0 Å². The van der Waals surface area contributed by atoms with Crippen molar-refractivity contribution < 1.29 is 4.74 Å². The predicted octanol–water partition coefficient (Wildman–Crippen LogP) is 1.57. The minimum atomic E-state index is 0.244. The second kappa shape index (κ2) is 7.04. The largest absolute Gasteiger partial charge is 0.373 e. The summed E-state index contributed by atoms with van der Waals surface area (Å²) in [5, 5.41) is 6.60. The van der Waals surface area contributed by atoms with Crippen LogP contribution in [0.15, 0.2) is 12.4 Å². The highest BCUT2D eigenvalue weighted by atomic mass is 16.5. The molecule has 6 heteroatoms. The smallest absolute Gasteiger partial charge is 0.147 e. The summed E-state index contributed by atoms with van der Waals surface area (Å²) in [5.74, 6) is 1.63. The summed E-state index contributed by atoms with van der Waals surface area (Å²) < 4.78 is 5.94. The van der Waals surface area contributed by atoms with Crippen LogP contribution in [-0.4, -0.2) is 59.8 Å². The summed E-state index contributed by atoms with van der Waals surface area (Å²) in [6.07, 6.45) is 7.44. The molecule has 0 spiro atoms. The molecule has 2 N–H and O–H groups in total. The van der Waals surface area contributed by atoms with Gasteiger partial charge in [0, 0.05) is 25.7 Å². The third-order valence-electron chi connectivity index (χ3n) is 4.16. The average molecular weight is 291 g/mol. The number of hydrogen-bond donors (Lipinski definition) is 2. The lowest BCUT2D eigenvalue weighted by Crippen LogP contribution is -2.48. The molecule has 6 nitrogen and oxygen atoms in total. The summed E-state index contributed by atoms with van der Waals surface area (Å²) in [6.45, 7) is 6.96. The van der Waals surface area contributed by atoms with Gasteiger partial charge in [-0.05, 0) is 25.8 Å². The molecule has 2 aliphatic heterocycles. The molecule has 3 heterocycles. The summed E-state index contributed by atoms with van der Waals surface area (Å²) in [6, 6.07) is 0.655. The van der Waals surface area contributed by atoms with Crippen molar-refractivity contribution in [1.29, 1.82) is 0 Å². The van der Waals surface area contributed by atoms with E-state index in [0.29, 0.717) is 6.04 Å². The van der Waals surface area contributed by atoms with Crippen LogP contribution in [0.25, 0.3) is 0 Å². The standard InChI is InChI=1S/C15H25N5O/c1-2-5-17-14-8-16-9-15(19-14)18-7-13-10-20-6-3-4-12(20)11-21-13/h8-9,12-13H,2-7,10-11H2,1H3,(H2,17,18,19). The number of nitrogens with zero attached hydrogens (tertiary/aromatic N) is 3. The third-order valence-corrected chi connectivity index (χ3v) is 4.16. The van der Waals surface area contributed by atoms with Crippen molar-refractivity contribution in [2.24, 2.45) is 0 Å². The molecule has 0 bridgehead atoms. The van der Waals surface area contributed by atoms with Gasteiger partial charge in [-0.1, -0.05) is 6.92 Å². The Morgan fingerprint density at radius 2 is 2.19 bits per heavy atom. The van der Waals surface area contributed by atoms with E-state index in [2.05, 4.69) is 32.4 Å². The van der Waals surface area contributed by atoms with E-state index in [1.54, 1.807) is 12.4 Å². The Morgan fingerprint density at radius 1 is 1.33 bits per heavy atom. The Hall–Kier alpha value is -1.40. The molecule has 1 aromatic heterocycles. The van der Waals surface area contributed by atoms with Gasteiger partial charge in [0.1, 0.15) is 11.6 Å². The minimum absolute atomic E-state index is 0.244. The van der Waals surface area contributed by atoms with Gasteiger partial charge in [-0.3, -0.25) is 9.88 Å². The van der Waals surface area contributed by atoms with E-state index >= 15 is 0 Å². The zero-order chi connectivity index (χ0) is 14.5. The van der Waals surface area contributed by atoms with Crippen molar-refractivity contribution in [3.8, 4) is 0 Å². The quantitative estimate of drug-likeness (QED) is 0.829. The first kappa shape index (κ1) is 14.5. The highest BCUT2D eigenvalue weighted by Crippen LogP contribution is 2.22. The topological polar surface area (TPSA) is 62.3 Å². The summed E-state index contributed by atoms with van der Waals surface area (Å²) in [4.78, 5) is 11.3. The summed E-state index contributed by atoms with van der Waals surface area (Å²) in [5.41, 5.74) is 0. The molecule has 2 fully saturated rings. The zero-order valence-corrected chi connectivity index (χ0v) is 12.7. The number of aromatic nitrogens is 2. The van der Waals surface area contributed by atoms with Crippen molar-refractivity contribution in [2.45, 2.75) is 38.3 Å². The molecule has 3 rings (SSSR count). The van der Waals surface area contributed by atoms with Gasteiger partial charge in [0.2, 0.25) is 0 Å². The molecule has 2 atom stereocenters. The van der Waals surface area contributed by atoms with E-state index in [1.165, 1.54) is 19.4 Å². The van der Waals surface area contributed by atoms with Crippen LogP contribution in [0.3, 0.4) is 0 Å². The Morgan fingerprint density at radius 3 is 3.05 bits per heavy atom. The molecule has 0 amide bonds. The molecule has 116 valence electrons. The fourth-order valence-electron chi connectivity index (χ4n) is 3.02. The number of hydrogen-bond acceptors (Lipinski definition) is 6. The number of rotatable bonds is 6. The van der Waals surface area contributed by atoms with E-state index in [9.17, 15) is 0 Å². The first-order valence-electron chi connectivity index (χ1n) is 8.00. The maximum atomic E-state index is 5.94. The molecule has 0 radical (unpaired) electrons. The molecule has 1 aromatic rings. The number of anilines is 2. The fraction of sp³-hybridized carbons (Fsp3) is 0.733. The van der Waals surface area contributed by atoms with Crippen LogP contribution >= 0.6 is 0 Å². The minimum Gasteiger partial charge on any atom is -0.373 e. The van der Waals surface area contributed by atoms with E-state index in [4.69, 9.17) is 4.74 Å². The number of morpholine rings is 1. The highest BCUT2D eigenvalue weighted by molar-refractivity contribution is 5.41. The monoisotopic (exact) mass is 291 g/mol. The normalized spacial score (nSPS) is 25.6. The molecular weight excluding hydrogens is 266 g/mol. The van der Waals surface area contributed by atoms with Crippen LogP contribution in [0, 0.1) is 0 Å². The second-order valence-electron chi connectivity index (χ2n) is 5.84. The lowest BCUT2D eigenvalue weighted by molar-refractivity contribution is -0.0416. The molecule has 2 unspecified atom stereocenters. The number of fused-ring (bicyclic) bond motifs is 1. The van der Waals surface area contributed by atoms with E-state index in [0.717, 1.165) is 44.3 Å². The predicted molar refractivity (Wildman–Crippen MR) is 83.6 cm³/mol. The molecule has 0 saturated carbocycles. The van der Waals surface area contributed by atoms with Crippen LogP contribution < -0.4 is 10.6 Å². The van der Waals surface area contributed by atoms with Crippen LogP contribution in [0.4, 0.5) is 11.6 Å². The van der Waals surface area contributed by atoms with Gasteiger partial charge in [0.25, 0.3) is 0 Å². The molecule has 21 heavy (non-hydrogen) atoms. The Balaban J connectivity index is 1.48. The van der Waals surface area contributed by atoms with Crippen LogP contribution in [0.5, 0.6) is 0 Å². The highest BCUT2D eigenvalue weighted by Gasteiger charge is 2.31. The van der Waals surface area contributed by atoms with Gasteiger partial charge < -0.3 is 15.4 Å². The van der Waals surface area contributed by atoms with Gasteiger partial charge in [-0.2, -0.15) is 0 Å². The summed E-state index contributed by atoms with van der Waals surface area (Å²) in [7, 11) is 0. The first-order valence-corrected chi connectivity index (χ1v) is 8.00. The van der Waals surface area contributed by atoms with Crippen LogP contribution in [0.1, 0.15) is 26.2 Å². The average Bonchev–Trinajstić information content (AvgIpc) is 2.99. The van der Waals surface area contributed by atoms with Gasteiger partial charge in [-0.25, -0.2) is 4.98 Å². The lowest BCUT2D eigenvalue weighted by atomic mass is 10.2. The van der Waals surface area contributed by atoms with Gasteiger partial charge >= 0.3 is 0 Å². The van der Waals surface area contributed by atoms with Crippen LogP contribution in [0.2, 0.25) is 0 Å². The van der Waals surface area contributed by atoms with Gasteiger partial charge in [0.15, 0.2) is 0 Å². The Kier molecular flexibility index (Phi) is 4.87. The van der Waals surface area contributed by atoms with Crippen LogP contribution in [-0.2, 0) is 4.74 Å². The second-order valence-corrected chi connectivity index (χ2v) is 5.84.